The average Bonchev–Trinajstić information content (AvgIpc) is 3.41. The van der Waals surface area contributed by atoms with Crippen molar-refractivity contribution in [2.24, 2.45) is 0 Å². The molecule has 186 valence electrons. The number of hydrogen-bond acceptors (Lipinski definition) is 8. The fraction of sp³-hybridized carbons (Fsp3) is 0.280. The number of fused-ring (bicyclic) bond motifs is 1. The zero-order valence-corrected chi connectivity index (χ0v) is 20.3. The van der Waals surface area contributed by atoms with Crippen LogP contribution in [0.4, 0.5) is 16.3 Å². The summed E-state index contributed by atoms with van der Waals surface area (Å²) in [5.74, 6) is 3.25. The molecule has 2 aromatic heterocycles. The molecule has 2 amide bonds. The summed E-state index contributed by atoms with van der Waals surface area (Å²) in [7, 11) is 4.80. The largest absolute Gasteiger partial charge is 0.495 e. The molecule has 0 spiro atoms. The highest BCUT2D eigenvalue weighted by molar-refractivity contribution is 5.91. The highest BCUT2D eigenvalue weighted by atomic mass is 16.5. The fourth-order valence-electron chi connectivity index (χ4n) is 4.34. The van der Waals surface area contributed by atoms with Gasteiger partial charge in [0.2, 0.25) is 0 Å². The third-order valence-electron chi connectivity index (χ3n) is 6.19. The second kappa shape index (κ2) is 9.98. The van der Waals surface area contributed by atoms with Crippen LogP contribution in [0.1, 0.15) is 0 Å². The lowest BCUT2D eigenvalue weighted by molar-refractivity contribution is 0.208. The lowest BCUT2D eigenvalue weighted by atomic mass is 10.1. The topological polar surface area (TPSA) is 106 Å². The van der Waals surface area contributed by atoms with Crippen molar-refractivity contribution in [3.8, 4) is 28.4 Å². The van der Waals surface area contributed by atoms with Gasteiger partial charge in [0.1, 0.15) is 17.9 Å². The number of amides is 2. The zero-order valence-electron chi connectivity index (χ0n) is 20.3. The quantitative estimate of drug-likeness (QED) is 0.440. The van der Waals surface area contributed by atoms with Gasteiger partial charge in [0.25, 0.3) is 5.78 Å². The van der Waals surface area contributed by atoms with E-state index in [2.05, 4.69) is 25.3 Å². The second-order valence-electron chi connectivity index (χ2n) is 8.14. The molecule has 0 unspecified atom stereocenters. The van der Waals surface area contributed by atoms with E-state index >= 15 is 0 Å². The summed E-state index contributed by atoms with van der Waals surface area (Å²) in [6, 6.07) is 12.9. The molecular weight excluding hydrogens is 462 g/mol. The molecule has 4 aromatic rings. The lowest BCUT2D eigenvalue weighted by Crippen LogP contribution is -2.50. The summed E-state index contributed by atoms with van der Waals surface area (Å²) < 4.78 is 18.0. The Morgan fingerprint density at radius 1 is 0.889 bits per heavy atom. The first-order valence-corrected chi connectivity index (χ1v) is 11.5. The van der Waals surface area contributed by atoms with Gasteiger partial charge < -0.3 is 29.3 Å². The van der Waals surface area contributed by atoms with E-state index < -0.39 is 0 Å². The van der Waals surface area contributed by atoms with Crippen LogP contribution in [0.2, 0.25) is 0 Å². The number of aromatic nitrogens is 4. The Morgan fingerprint density at radius 3 is 2.39 bits per heavy atom. The molecule has 1 aliphatic heterocycles. The first-order valence-electron chi connectivity index (χ1n) is 11.5. The Bertz CT molecular complexity index is 1380. The Hall–Kier alpha value is -4.54. The molecule has 0 atom stereocenters. The number of benzene rings is 2. The number of piperazine rings is 1. The van der Waals surface area contributed by atoms with Crippen LogP contribution in [0.25, 0.3) is 16.9 Å². The maximum Gasteiger partial charge on any atom is 0.322 e. The summed E-state index contributed by atoms with van der Waals surface area (Å²) in [6.45, 7) is 2.28. The number of methoxy groups -OCH3 is 3. The summed E-state index contributed by atoms with van der Waals surface area (Å²) in [6.07, 6.45) is 3.28. The van der Waals surface area contributed by atoms with Crippen LogP contribution in [0.3, 0.4) is 0 Å². The predicted octanol–water partition coefficient (Wildman–Crippen LogP) is 3.17. The monoisotopic (exact) mass is 489 g/mol. The van der Waals surface area contributed by atoms with Crippen LogP contribution in [-0.4, -0.2) is 78.0 Å². The Labute approximate surface area is 208 Å². The number of anilines is 2. The molecule has 1 saturated heterocycles. The van der Waals surface area contributed by atoms with Gasteiger partial charge in [-0.1, -0.05) is 18.2 Å². The van der Waals surface area contributed by atoms with Crippen LogP contribution in [0.15, 0.2) is 55.0 Å². The Morgan fingerprint density at radius 2 is 1.64 bits per heavy atom. The van der Waals surface area contributed by atoms with E-state index in [0.717, 1.165) is 16.9 Å². The molecule has 1 aliphatic rings. The standard InChI is InChI=1S/C25H27N7O4/c1-34-20-7-5-4-6-19(20)29-25(33)31-12-10-30(11-13-31)23-18(15-26-24-27-16-28-32(23)24)17-8-9-21(35-2)22(14-17)36-3/h4-9,14-16H,10-13H2,1-3H3,(H,29,33). The molecule has 11 heteroatoms. The van der Waals surface area contributed by atoms with Crippen molar-refractivity contribution in [3.05, 3.63) is 55.0 Å². The van der Waals surface area contributed by atoms with E-state index in [1.165, 1.54) is 6.33 Å². The second-order valence-corrected chi connectivity index (χ2v) is 8.14. The summed E-state index contributed by atoms with van der Waals surface area (Å²) >= 11 is 0. The van der Waals surface area contributed by atoms with E-state index in [1.807, 2.05) is 42.5 Å². The van der Waals surface area contributed by atoms with Gasteiger partial charge in [-0.25, -0.2) is 9.78 Å². The maximum atomic E-state index is 12.9. The van der Waals surface area contributed by atoms with Gasteiger partial charge in [-0.05, 0) is 29.8 Å². The Balaban J connectivity index is 1.40. The third kappa shape index (κ3) is 4.30. The van der Waals surface area contributed by atoms with Crippen molar-refractivity contribution in [2.75, 3.05) is 57.7 Å². The lowest BCUT2D eigenvalue weighted by Gasteiger charge is -2.36. The fourth-order valence-corrected chi connectivity index (χ4v) is 4.34. The average molecular weight is 490 g/mol. The molecule has 5 rings (SSSR count). The van der Waals surface area contributed by atoms with Crippen molar-refractivity contribution < 1.29 is 19.0 Å². The highest BCUT2D eigenvalue weighted by Gasteiger charge is 2.26. The number of nitrogens with one attached hydrogen (secondary N) is 1. The number of carbonyl (C=O) groups excluding carboxylic acids is 1. The number of urea groups is 1. The van der Waals surface area contributed by atoms with Gasteiger partial charge in [0.15, 0.2) is 11.5 Å². The first kappa shape index (κ1) is 23.2. The summed E-state index contributed by atoms with van der Waals surface area (Å²) in [5.41, 5.74) is 2.42. The summed E-state index contributed by atoms with van der Waals surface area (Å²) in [4.78, 5) is 25.7. The first-order chi connectivity index (χ1) is 17.6. The van der Waals surface area contributed by atoms with E-state index in [1.54, 1.807) is 36.9 Å². The third-order valence-corrected chi connectivity index (χ3v) is 6.19. The SMILES string of the molecule is COc1ccccc1NC(=O)N1CCN(c2c(-c3ccc(OC)c(OC)c3)cnc3ncnn23)CC1. The van der Waals surface area contributed by atoms with E-state index in [0.29, 0.717) is 54.9 Å². The zero-order chi connectivity index (χ0) is 25.1. The van der Waals surface area contributed by atoms with E-state index in [9.17, 15) is 4.79 Å². The smallest absolute Gasteiger partial charge is 0.322 e. The van der Waals surface area contributed by atoms with E-state index in [-0.39, 0.29) is 6.03 Å². The number of rotatable bonds is 6. The molecule has 2 aromatic carbocycles. The van der Waals surface area contributed by atoms with Crippen molar-refractivity contribution in [1.29, 1.82) is 0 Å². The molecule has 11 nitrogen and oxygen atoms in total. The van der Waals surface area contributed by atoms with Crippen molar-refractivity contribution >= 4 is 23.3 Å². The van der Waals surface area contributed by atoms with E-state index in [4.69, 9.17) is 14.2 Å². The number of ether oxygens (including phenoxy) is 3. The molecule has 36 heavy (non-hydrogen) atoms. The molecule has 0 bridgehead atoms. The van der Waals surface area contributed by atoms with Crippen molar-refractivity contribution in [2.45, 2.75) is 0 Å². The van der Waals surface area contributed by atoms with Gasteiger partial charge in [0, 0.05) is 37.9 Å². The number of carbonyl (C=O) groups is 1. The highest BCUT2D eigenvalue weighted by Crippen LogP contribution is 2.36. The van der Waals surface area contributed by atoms with Crippen LogP contribution in [-0.2, 0) is 0 Å². The molecule has 0 aliphatic carbocycles. The van der Waals surface area contributed by atoms with Gasteiger partial charge >= 0.3 is 6.03 Å². The Kier molecular flexibility index (Phi) is 6.44. The molecule has 1 N–H and O–H groups in total. The minimum Gasteiger partial charge on any atom is -0.495 e. The number of para-hydroxylation sites is 2. The minimum absolute atomic E-state index is 0.167. The molecular formula is C25H27N7O4. The molecule has 3 heterocycles. The molecule has 1 fully saturated rings. The molecule has 0 radical (unpaired) electrons. The molecule has 0 saturated carbocycles. The van der Waals surface area contributed by atoms with Crippen LogP contribution in [0.5, 0.6) is 17.2 Å². The number of hydrogen-bond donors (Lipinski definition) is 1. The summed E-state index contributed by atoms with van der Waals surface area (Å²) in [5, 5.41) is 7.38. The van der Waals surface area contributed by atoms with Crippen molar-refractivity contribution in [3.63, 3.8) is 0 Å². The van der Waals surface area contributed by atoms with Gasteiger partial charge in [0.05, 0.1) is 27.0 Å². The van der Waals surface area contributed by atoms with Gasteiger partial charge in [-0.3, -0.25) is 0 Å². The van der Waals surface area contributed by atoms with Crippen LogP contribution < -0.4 is 24.4 Å². The minimum atomic E-state index is -0.167. The van der Waals surface area contributed by atoms with Crippen LogP contribution in [0, 0.1) is 0 Å². The normalized spacial score (nSPS) is 13.5. The van der Waals surface area contributed by atoms with Gasteiger partial charge in [-0.15, -0.1) is 0 Å². The van der Waals surface area contributed by atoms with Gasteiger partial charge in [-0.2, -0.15) is 14.6 Å². The maximum absolute atomic E-state index is 12.9. The van der Waals surface area contributed by atoms with Crippen molar-refractivity contribution in [1.82, 2.24) is 24.5 Å². The predicted molar refractivity (Wildman–Crippen MR) is 135 cm³/mol. The number of nitrogens with zero attached hydrogens (tertiary/aromatic N) is 6. The van der Waals surface area contributed by atoms with Crippen LogP contribution >= 0.6 is 0 Å².